The minimum Gasteiger partial charge on any atom is -0.439 e. The summed E-state index contributed by atoms with van der Waals surface area (Å²) in [6, 6.07) is 15.0. The van der Waals surface area contributed by atoms with E-state index >= 15 is 0 Å². The molecule has 1 aromatic carbocycles. The highest BCUT2D eigenvalue weighted by Crippen LogP contribution is 2.22. The van der Waals surface area contributed by atoms with E-state index in [-0.39, 0.29) is 12.3 Å². The van der Waals surface area contributed by atoms with Gasteiger partial charge in [0.2, 0.25) is 23.5 Å². The number of thiophene rings is 1. The van der Waals surface area contributed by atoms with Gasteiger partial charge in [-0.1, -0.05) is 28.9 Å². The number of carbonyl (C=O) groups is 1. The predicted molar refractivity (Wildman–Crippen MR) is 110 cm³/mol. The molecule has 7 nitrogen and oxygen atoms in total. The van der Waals surface area contributed by atoms with Crippen LogP contribution in [0.25, 0.3) is 10.7 Å². The first-order valence-electron chi connectivity index (χ1n) is 9.02. The van der Waals surface area contributed by atoms with Crippen molar-refractivity contribution in [3.8, 4) is 22.3 Å². The standard InChI is InChI=1S/C21H18N4O3S/c1-14-4-7-16(8-5-14)27-19-10-6-15(13-22-19)23-18(26)9-11-20-24-21(25-28-20)17-3-2-12-29-17/h2-8,10,12-13H,9,11H2,1H3,(H,23,26). The molecular weight excluding hydrogens is 388 g/mol. The second-order valence-electron chi connectivity index (χ2n) is 6.34. The van der Waals surface area contributed by atoms with E-state index < -0.39 is 0 Å². The Balaban J connectivity index is 1.27. The zero-order valence-corrected chi connectivity index (χ0v) is 16.5. The van der Waals surface area contributed by atoms with Gasteiger partial charge in [0.1, 0.15) is 5.75 Å². The van der Waals surface area contributed by atoms with Gasteiger partial charge in [-0.3, -0.25) is 4.79 Å². The number of ether oxygens (including phenoxy) is 1. The van der Waals surface area contributed by atoms with E-state index in [0.717, 1.165) is 10.4 Å². The quantitative estimate of drug-likeness (QED) is 0.471. The molecule has 0 aliphatic carbocycles. The lowest BCUT2D eigenvalue weighted by Gasteiger charge is -2.07. The third-order valence-electron chi connectivity index (χ3n) is 4.04. The zero-order chi connectivity index (χ0) is 20.1. The van der Waals surface area contributed by atoms with E-state index in [4.69, 9.17) is 9.26 Å². The van der Waals surface area contributed by atoms with Gasteiger partial charge in [0, 0.05) is 18.9 Å². The molecule has 3 heterocycles. The van der Waals surface area contributed by atoms with Crippen LogP contribution in [0.1, 0.15) is 17.9 Å². The predicted octanol–water partition coefficient (Wildman–Crippen LogP) is 4.87. The second-order valence-corrected chi connectivity index (χ2v) is 7.29. The number of hydrogen-bond acceptors (Lipinski definition) is 7. The van der Waals surface area contributed by atoms with Gasteiger partial charge in [-0.05, 0) is 36.6 Å². The summed E-state index contributed by atoms with van der Waals surface area (Å²) in [5.74, 6) is 1.99. The molecule has 0 radical (unpaired) electrons. The van der Waals surface area contributed by atoms with Crippen LogP contribution in [-0.2, 0) is 11.2 Å². The Morgan fingerprint density at radius 1 is 1.17 bits per heavy atom. The van der Waals surface area contributed by atoms with Gasteiger partial charge in [0.25, 0.3) is 0 Å². The molecule has 0 saturated heterocycles. The van der Waals surface area contributed by atoms with Crippen molar-refractivity contribution in [3.63, 3.8) is 0 Å². The van der Waals surface area contributed by atoms with Crippen LogP contribution in [0.3, 0.4) is 0 Å². The summed E-state index contributed by atoms with van der Waals surface area (Å²) < 4.78 is 10.9. The van der Waals surface area contributed by atoms with Crippen molar-refractivity contribution in [2.75, 3.05) is 5.32 Å². The Bertz CT molecular complexity index is 1070. The summed E-state index contributed by atoms with van der Waals surface area (Å²) in [6.45, 7) is 2.01. The molecule has 146 valence electrons. The summed E-state index contributed by atoms with van der Waals surface area (Å²) in [7, 11) is 0. The highest BCUT2D eigenvalue weighted by Gasteiger charge is 2.11. The zero-order valence-electron chi connectivity index (χ0n) is 15.7. The summed E-state index contributed by atoms with van der Waals surface area (Å²) in [6.07, 6.45) is 2.16. The molecule has 8 heteroatoms. The van der Waals surface area contributed by atoms with E-state index in [9.17, 15) is 4.79 Å². The van der Waals surface area contributed by atoms with E-state index in [1.54, 1.807) is 18.3 Å². The van der Waals surface area contributed by atoms with E-state index in [1.807, 2.05) is 48.7 Å². The molecule has 0 bridgehead atoms. The Morgan fingerprint density at radius 2 is 2.03 bits per heavy atom. The molecule has 0 fully saturated rings. The van der Waals surface area contributed by atoms with Crippen molar-refractivity contribution in [2.45, 2.75) is 19.8 Å². The van der Waals surface area contributed by atoms with Crippen molar-refractivity contribution in [1.29, 1.82) is 0 Å². The molecular formula is C21H18N4O3S. The number of nitrogens with one attached hydrogen (secondary N) is 1. The van der Waals surface area contributed by atoms with E-state index in [2.05, 4.69) is 20.4 Å². The fourth-order valence-electron chi connectivity index (χ4n) is 2.55. The van der Waals surface area contributed by atoms with Crippen molar-refractivity contribution in [1.82, 2.24) is 15.1 Å². The van der Waals surface area contributed by atoms with Gasteiger partial charge in [-0.15, -0.1) is 11.3 Å². The molecule has 3 aromatic heterocycles. The van der Waals surface area contributed by atoms with E-state index in [0.29, 0.717) is 35.5 Å². The fourth-order valence-corrected chi connectivity index (χ4v) is 3.20. The smallest absolute Gasteiger partial charge is 0.227 e. The molecule has 4 rings (SSSR count). The van der Waals surface area contributed by atoms with Gasteiger partial charge in [-0.25, -0.2) is 4.98 Å². The lowest BCUT2D eigenvalue weighted by molar-refractivity contribution is -0.116. The SMILES string of the molecule is Cc1ccc(Oc2ccc(NC(=O)CCc3nc(-c4cccs4)no3)cn2)cc1. The number of amides is 1. The summed E-state index contributed by atoms with van der Waals surface area (Å²) in [5.41, 5.74) is 1.75. The number of nitrogens with zero attached hydrogens (tertiary/aromatic N) is 3. The molecule has 0 aliphatic rings. The second kappa shape index (κ2) is 8.66. The fraction of sp³-hybridized carbons (Fsp3) is 0.143. The van der Waals surface area contributed by atoms with Crippen LogP contribution >= 0.6 is 11.3 Å². The van der Waals surface area contributed by atoms with Crippen molar-refractivity contribution >= 4 is 22.9 Å². The molecule has 29 heavy (non-hydrogen) atoms. The highest BCUT2D eigenvalue weighted by molar-refractivity contribution is 7.13. The number of aryl methyl sites for hydroxylation is 2. The maximum Gasteiger partial charge on any atom is 0.227 e. The first-order chi connectivity index (χ1) is 14.2. The number of hydrogen-bond donors (Lipinski definition) is 1. The Hall–Kier alpha value is -3.52. The molecule has 1 N–H and O–H groups in total. The molecule has 1 amide bonds. The molecule has 0 atom stereocenters. The molecule has 0 spiro atoms. The average Bonchev–Trinajstić information content (AvgIpc) is 3.41. The monoisotopic (exact) mass is 406 g/mol. The lowest BCUT2D eigenvalue weighted by atomic mass is 10.2. The number of anilines is 1. The number of rotatable bonds is 7. The first kappa shape index (κ1) is 18.8. The van der Waals surface area contributed by atoms with Gasteiger partial charge in [-0.2, -0.15) is 4.98 Å². The van der Waals surface area contributed by atoms with E-state index in [1.165, 1.54) is 11.3 Å². The van der Waals surface area contributed by atoms with Crippen molar-refractivity contribution in [2.24, 2.45) is 0 Å². The molecule has 4 aromatic rings. The minimum absolute atomic E-state index is 0.158. The van der Waals surface area contributed by atoms with Crippen LogP contribution < -0.4 is 10.1 Å². The number of benzene rings is 1. The molecule has 0 saturated carbocycles. The Labute approximate surface area is 171 Å². The minimum atomic E-state index is -0.158. The third kappa shape index (κ3) is 5.05. The van der Waals surface area contributed by atoms with Crippen LogP contribution in [0.4, 0.5) is 5.69 Å². The van der Waals surface area contributed by atoms with Crippen LogP contribution in [0.5, 0.6) is 11.6 Å². The van der Waals surface area contributed by atoms with Gasteiger partial charge < -0.3 is 14.6 Å². The highest BCUT2D eigenvalue weighted by atomic mass is 32.1. The third-order valence-corrected chi connectivity index (χ3v) is 4.90. The van der Waals surface area contributed by atoms with Gasteiger partial charge in [0.15, 0.2) is 0 Å². The Kier molecular flexibility index (Phi) is 5.62. The number of aromatic nitrogens is 3. The van der Waals surface area contributed by atoms with Gasteiger partial charge in [0.05, 0.1) is 16.8 Å². The number of carbonyl (C=O) groups excluding carboxylic acids is 1. The average molecular weight is 406 g/mol. The molecule has 0 aliphatic heterocycles. The summed E-state index contributed by atoms with van der Waals surface area (Å²) >= 11 is 1.54. The van der Waals surface area contributed by atoms with Crippen LogP contribution in [0.15, 0.2) is 64.6 Å². The van der Waals surface area contributed by atoms with Gasteiger partial charge >= 0.3 is 0 Å². The maximum absolute atomic E-state index is 12.2. The molecule has 0 unspecified atom stereocenters. The van der Waals surface area contributed by atoms with Crippen LogP contribution in [-0.4, -0.2) is 21.0 Å². The lowest BCUT2D eigenvalue weighted by Crippen LogP contribution is -2.12. The summed E-state index contributed by atoms with van der Waals surface area (Å²) in [5, 5.41) is 8.69. The normalized spacial score (nSPS) is 10.7. The largest absolute Gasteiger partial charge is 0.439 e. The number of pyridine rings is 1. The summed E-state index contributed by atoms with van der Waals surface area (Å²) in [4.78, 5) is 21.6. The van der Waals surface area contributed by atoms with Crippen LogP contribution in [0, 0.1) is 6.92 Å². The first-order valence-corrected chi connectivity index (χ1v) is 9.90. The maximum atomic E-state index is 12.2. The van der Waals surface area contributed by atoms with Crippen LogP contribution in [0.2, 0.25) is 0 Å². The topological polar surface area (TPSA) is 90.1 Å². The van der Waals surface area contributed by atoms with Crippen molar-refractivity contribution < 1.29 is 14.1 Å². The van der Waals surface area contributed by atoms with Crippen molar-refractivity contribution in [3.05, 3.63) is 71.6 Å². The Morgan fingerprint density at radius 3 is 2.76 bits per heavy atom.